The third-order valence-electron chi connectivity index (χ3n) is 4.46. The topological polar surface area (TPSA) is 87.2 Å². The number of aromatic hydroxyl groups is 1. The lowest BCUT2D eigenvalue weighted by Gasteiger charge is -2.19. The van der Waals surface area contributed by atoms with Crippen LogP contribution in [-0.4, -0.2) is 22.2 Å². The van der Waals surface area contributed by atoms with Crippen LogP contribution in [-0.2, 0) is 17.7 Å². The van der Waals surface area contributed by atoms with Crippen molar-refractivity contribution in [1.29, 1.82) is 0 Å². The monoisotopic (exact) mass is 449 g/mol. The number of aromatic amines is 1. The molecule has 8 heteroatoms. The third-order valence-corrected chi connectivity index (χ3v) is 5.28. The number of aromatic nitrogens is 2. The Hall–Kier alpha value is -2.29. The van der Waals surface area contributed by atoms with Crippen LogP contribution in [0.25, 0.3) is 0 Å². The van der Waals surface area contributed by atoms with E-state index < -0.39 is 17.5 Å². The highest BCUT2D eigenvalue weighted by Crippen LogP contribution is 2.26. The molecule has 6 nitrogen and oxygen atoms in total. The Morgan fingerprint density at radius 1 is 1.39 bits per heavy atom. The fourth-order valence-electron chi connectivity index (χ4n) is 2.96. The Bertz CT molecular complexity index is 954. The number of nitrogens with one attached hydrogen (secondary N) is 2. The number of rotatable bonds is 7. The van der Waals surface area contributed by atoms with Crippen LogP contribution in [0.15, 0.2) is 51.3 Å². The van der Waals surface area contributed by atoms with E-state index in [0.29, 0.717) is 18.8 Å². The largest absolute Gasteiger partial charge is 0.502 e. The van der Waals surface area contributed by atoms with E-state index in [1.165, 1.54) is 19.2 Å². The molecule has 1 aliphatic rings. The molecule has 0 saturated carbocycles. The average Bonchev–Trinajstić information content (AvgIpc) is 2.69. The number of halogens is 2. The highest BCUT2D eigenvalue weighted by molar-refractivity contribution is 9.11. The maximum Gasteiger partial charge on any atom is 0.293 e. The molecule has 0 amide bonds. The Labute approximate surface area is 170 Å². The fraction of sp³-hybridized carbons (Fsp3) is 0.300. The number of nitrogens with zero attached hydrogens (tertiary/aromatic N) is 1. The molecule has 1 aromatic heterocycles. The number of ether oxygens (including phenoxy) is 1. The fourth-order valence-corrected chi connectivity index (χ4v) is 3.49. The summed E-state index contributed by atoms with van der Waals surface area (Å²) in [7, 11) is 1.45. The third kappa shape index (κ3) is 4.95. The Kier molecular flexibility index (Phi) is 6.77. The summed E-state index contributed by atoms with van der Waals surface area (Å²) >= 11 is 3.52. The lowest BCUT2D eigenvalue weighted by molar-refractivity contribution is 0.0658. The van der Waals surface area contributed by atoms with Gasteiger partial charge in [-0.25, -0.2) is 9.37 Å². The van der Waals surface area contributed by atoms with Crippen molar-refractivity contribution in [2.75, 3.05) is 7.11 Å². The van der Waals surface area contributed by atoms with Gasteiger partial charge in [-0.05, 0) is 36.1 Å². The van der Waals surface area contributed by atoms with E-state index >= 15 is 0 Å². The van der Waals surface area contributed by atoms with Crippen LogP contribution < -0.4 is 10.9 Å². The van der Waals surface area contributed by atoms with Gasteiger partial charge in [-0.1, -0.05) is 40.2 Å². The summed E-state index contributed by atoms with van der Waals surface area (Å²) < 4.78 is 19.4. The van der Waals surface area contributed by atoms with Gasteiger partial charge in [-0.15, -0.1) is 0 Å². The van der Waals surface area contributed by atoms with Crippen molar-refractivity contribution in [3.05, 3.63) is 79.7 Å². The second-order valence-corrected chi connectivity index (χ2v) is 7.29. The highest BCUT2D eigenvalue weighted by atomic mass is 79.9. The zero-order valence-electron chi connectivity index (χ0n) is 15.3. The van der Waals surface area contributed by atoms with Gasteiger partial charge in [0.2, 0.25) is 5.75 Å². The molecule has 1 aliphatic carbocycles. The van der Waals surface area contributed by atoms with E-state index in [2.05, 4.69) is 37.3 Å². The molecule has 1 aromatic carbocycles. The number of hydrogen-bond donors (Lipinski definition) is 3. The van der Waals surface area contributed by atoms with E-state index in [0.717, 1.165) is 28.5 Å². The Morgan fingerprint density at radius 2 is 2.14 bits per heavy atom. The first-order valence-corrected chi connectivity index (χ1v) is 9.64. The quantitative estimate of drug-likeness (QED) is 0.562. The summed E-state index contributed by atoms with van der Waals surface area (Å²) in [5, 5.41) is 13.3. The van der Waals surface area contributed by atoms with Gasteiger partial charge < -0.3 is 14.8 Å². The molecule has 0 radical (unpaired) electrons. The Balaban J connectivity index is 1.82. The second kappa shape index (κ2) is 9.27. The second-order valence-electron chi connectivity index (χ2n) is 6.44. The lowest BCUT2D eigenvalue weighted by atomic mass is 10.0. The standard InChI is InChI=1S/C20H21BrFN3O3/c1-28-20(23-11-12-6-8-14(22)9-7-12)17-18(26)19(27)25-16(24-17)10-13-4-2-3-5-15(13)21/h3,5-9,20,23,26H,2,4,10-11H2,1H3,(H,24,25,27). The van der Waals surface area contributed by atoms with Crippen LogP contribution in [0.2, 0.25) is 0 Å². The minimum atomic E-state index is -0.797. The van der Waals surface area contributed by atoms with Gasteiger partial charge in [0.05, 0.1) is 0 Å². The summed E-state index contributed by atoms with van der Waals surface area (Å²) in [6, 6.07) is 6.02. The van der Waals surface area contributed by atoms with Gasteiger partial charge in [0, 0.05) is 24.6 Å². The summed E-state index contributed by atoms with van der Waals surface area (Å²) in [5.74, 6) is -0.354. The first-order chi connectivity index (χ1) is 13.5. The highest BCUT2D eigenvalue weighted by Gasteiger charge is 2.21. The van der Waals surface area contributed by atoms with Crippen LogP contribution in [0.3, 0.4) is 0 Å². The van der Waals surface area contributed by atoms with E-state index in [1.54, 1.807) is 12.1 Å². The summed E-state index contributed by atoms with van der Waals surface area (Å²) in [4.78, 5) is 19.3. The van der Waals surface area contributed by atoms with Crippen molar-refractivity contribution in [2.24, 2.45) is 0 Å². The SMILES string of the molecule is COC(NCc1ccc(F)cc1)c1nc(CC2=C(Br)C=CCC2)[nH]c(=O)c1O. The van der Waals surface area contributed by atoms with Gasteiger partial charge >= 0.3 is 0 Å². The molecule has 3 N–H and O–H groups in total. The van der Waals surface area contributed by atoms with E-state index in [9.17, 15) is 14.3 Å². The van der Waals surface area contributed by atoms with Crippen molar-refractivity contribution < 1.29 is 14.2 Å². The molecule has 0 saturated heterocycles. The molecule has 0 spiro atoms. The molecule has 2 aromatic rings. The maximum atomic E-state index is 13.0. The van der Waals surface area contributed by atoms with Gasteiger partial charge in [0.1, 0.15) is 17.3 Å². The Morgan fingerprint density at radius 3 is 2.82 bits per heavy atom. The maximum absolute atomic E-state index is 13.0. The van der Waals surface area contributed by atoms with E-state index in [-0.39, 0.29) is 11.5 Å². The van der Waals surface area contributed by atoms with Gasteiger partial charge in [-0.2, -0.15) is 0 Å². The minimum absolute atomic E-state index is 0.117. The zero-order valence-corrected chi connectivity index (χ0v) is 16.9. The normalized spacial score (nSPS) is 15.1. The van der Waals surface area contributed by atoms with Crippen molar-refractivity contribution in [1.82, 2.24) is 15.3 Å². The van der Waals surface area contributed by atoms with Gasteiger partial charge in [-0.3, -0.25) is 10.1 Å². The van der Waals surface area contributed by atoms with Crippen LogP contribution in [0.4, 0.5) is 4.39 Å². The average molecular weight is 450 g/mol. The predicted molar refractivity (Wildman–Crippen MR) is 108 cm³/mol. The first kappa shape index (κ1) is 20.4. The lowest BCUT2D eigenvalue weighted by Crippen LogP contribution is -2.26. The summed E-state index contributed by atoms with van der Waals surface area (Å²) in [6.07, 6.45) is 5.52. The number of allylic oxidation sites excluding steroid dienone is 4. The van der Waals surface area contributed by atoms with Crippen molar-refractivity contribution >= 4 is 15.9 Å². The van der Waals surface area contributed by atoms with Crippen molar-refractivity contribution in [3.63, 3.8) is 0 Å². The number of benzene rings is 1. The van der Waals surface area contributed by atoms with Gasteiger partial charge in [0.25, 0.3) is 5.56 Å². The van der Waals surface area contributed by atoms with Crippen molar-refractivity contribution in [2.45, 2.75) is 32.0 Å². The minimum Gasteiger partial charge on any atom is -0.502 e. The summed E-state index contributed by atoms with van der Waals surface area (Å²) in [5.41, 5.74) is 1.45. The first-order valence-electron chi connectivity index (χ1n) is 8.84. The van der Waals surface area contributed by atoms with E-state index in [4.69, 9.17) is 4.74 Å². The molecular formula is C20H21BrFN3O3. The number of methoxy groups -OCH3 is 1. The summed E-state index contributed by atoms with van der Waals surface area (Å²) in [6.45, 7) is 0.351. The van der Waals surface area contributed by atoms with Crippen LogP contribution >= 0.6 is 15.9 Å². The van der Waals surface area contributed by atoms with Crippen LogP contribution in [0, 0.1) is 5.82 Å². The van der Waals surface area contributed by atoms with E-state index in [1.807, 2.05) is 6.08 Å². The van der Waals surface area contributed by atoms with Gasteiger partial charge in [0.15, 0.2) is 6.23 Å². The molecule has 28 heavy (non-hydrogen) atoms. The molecule has 0 fully saturated rings. The molecule has 1 unspecified atom stereocenters. The van der Waals surface area contributed by atoms with Crippen LogP contribution in [0.5, 0.6) is 5.75 Å². The predicted octanol–water partition coefficient (Wildman–Crippen LogP) is 3.59. The molecule has 0 bridgehead atoms. The van der Waals surface area contributed by atoms with Crippen LogP contribution in [0.1, 0.15) is 36.2 Å². The molecule has 0 aliphatic heterocycles. The van der Waals surface area contributed by atoms with Crippen molar-refractivity contribution in [3.8, 4) is 5.75 Å². The number of hydrogen-bond acceptors (Lipinski definition) is 5. The molecule has 148 valence electrons. The smallest absolute Gasteiger partial charge is 0.293 e. The zero-order chi connectivity index (χ0) is 20.1. The molecular weight excluding hydrogens is 429 g/mol. The molecule has 1 atom stereocenters. The molecule has 1 heterocycles. The molecule has 3 rings (SSSR count). The number of H-pyrrole nitrogens is 1.